The molecule has 0 aliphatic carbocycles. The molecule has 0 fully saturated rings. The van der Waals surface area contributed by atoms with Crippen molar-refractivity contribution in [3.63, 3.8) is 0 Å². The van der Waals surface area contributed by atoms with Crippen LogP contribution in [0.2, 0.25) is 0 Å². The van der Waals surface area contributed by atoms with Gasteiger partial charge in [0.1, 0.15) is 11.5 Å². The molecule has 1 aromatic rings. The van der Waals surface area contributed by atoms with Crippen molar-refractivity contribution in [3.8, 4) is 0 Å². The van der Waals surface area contributed by atoms with Gasteiger partial charge in [-0.05, 0) is 26.7 Å². The van der Waals surface area contributed by atoms with Gasteiger partial charge in [-0.15, -0.1) is 0 Å². The average Bonchev–Trinajstić information content (AvgIpc) is 2.79. The van der Waals surface area contributed by atoms with Crippen molar-refractivity contribution in [1.29, 1.82) is 0 Å². The Labute approximate surface area is 113 Å². The topological polar surface area (TPSA) is 74.5 Å². The second kappa shape index (κ2) is 6.14. The number of methoxy groups -OCH3 is 1. The summed E-state index contributed by atoms with van der Waals surface area (Å²) in [4.78, 5) is 16.2. The molecule has 6 heteroatoms. The Balaban J connectivity index is 3.02. The van der Waals surface area contributed by atoms with E-state index in [4.69, 9.17) is 14.0 Å². The smallest absolute Gasteiger partial charge is 0.318 e. The van der Waals surface area contributed by atoms with Crippen LogP contribution in [0.4, 0.5) is 0 Å². The first-order chi connectivity index (χ1) is 8.83. The first kappa shape index (κ1) is 15.6. The minimum absolute atomic E-state index is 0.0120. The molecular formula is C13H22N2O4. The van der Waals surface area contributed by atoms with E-state index in [-0.39, 0.29) is 17.8 Å². The maximum absolute atomic E-state index is 11.9. The Kier molecular flexibility index (Phi) is 5.05. The molecule has 0 aliphatic heterocycles. The minimum atomic E-state index is -0.655. The molecule has 0 N–H and O–H groups in total. The van der Waals surface area contributed by atoms with Gasteiger partial charge in [0.25, 0.3) is 0 Å². The molecule has 1 aromatic heterocycles. The first-order valence-electron chi connectivity index (χ1n) is 6.39. The largest absolute Gasteiger partial charge is 0.465 e. The van der Waals surface area contributed by atoms with Crippen LogP contribution in [0.15, 0.2) is 4.52 Å². The molecule has 0 spiro atoms. The molecule has 0 amide bonds. The van der Waals surface area contributed by atoms with E-state index in [0.717, 1.165) is 0 Å². The first-order valence-corrected chi connectivity index (χ1v) is 6.39. The molecule has 0 aliphatic rings. The number of aromatic nitrogens is 2. The summed E-state index contributed by atoms with van der Waals surface area (Å²) in [5.41, 5.74) is -0.655. The third-order valence-electron chi connectivity index (χ3n) is 2.96. The van der Waals surface area contributed by atoms with Gasteiger partial charge in [0, 0.05) is 7.11 Å². The van der Waals surface area contributed by atoms with Gasteiger partial charge < -0.3 is 14.0 Å². The number of nitrogens with zero attached hydrogens (tertiary/aromatic N) is 2. The second-order valence-corrected chi connectivity index (χ2v) is 5.14. The number of hydrogen-bond donors (Lipinski definition) is 0. The summed E-state index contributed by atoms with van der Waals surface area (Å²) < 4.78 is 15.5. The lowest BCUT2D eigenvalue weighted by atomic mass is 9.96. The highest BCUT2D eigenvalue weighted by atomic mass is 16.5. The summed E-state index contributed by atoms with van der Waals surface area (Å²) in [6, 6.07) is 0. The Morgan fingerprint density at radius 3 is 2.53 bits per heavy atom. The van der Waals surface area contributed by atoms with Gasteiger partial charge in [-0.2, -0.15) is 4.98 Å². The predicted molar refractivity (Wildman–Crippen MR) is 68.5 cm³/mol. The Morgan fingerprint density at radius 1 is 1.42 bits per heavy atom. The summed E-state index contributed by atoms with van der Waals surface area (Å²) in [5, 5.41) is 3.89. The number of ether oxygens (including phenoxy) is 2. The van der Waals surface area contributed by atoms with Crippen LogP contribution in [-0.4, -0.2) is 29.8 Å². The standard InChI is InChI=1S/C13H22N2O4/c1-7-18-11(16)9(8(2)3)10-14-12(15-19-10)13(4,5)17-6/h8-9H,7H2,1-6H3. The van der Waals surface area contributed by atoms with Gasteiger partial charge in [-0.3, -0.25) is 4.79 Å². The molecule has 0 aromatic carbocycles. The van der Waals surface area contributed by atoms with E-state index in [1.54, 1.807) is 14.0 Å². The molecule has 0 bridgehead atoms. The fourth-order valence-corrected chi connectivity index (χ4v) is 1.59. The van der Waals surface area contributed by atoms with Crippen LogP contribution in [0.25, 0.3) is 0 Å². The van der Waals surface area contributed by atoms with Gasteiger partial charge in [-0.1, -0.05) is 19.0 Å². The van der Waals surface area contributed by atoms with Crippen LogP contribution in [-0.2, 0) is 19.9 Å². The molecular weight excluding hydrogens is 248 g/mol. The van der Waals surface area contributed by atoms with E-state index in [1.807, 2.05) is 27.7 Å². The van der Waals surface area contributed by atoms with Crippen LogP contribution in [0.1, 0.15) is 52.3 Å². The van der Waals surface area contributed by atoms with Crippen LogP contribution in [0, 0.1) is 5.92 Å². The molecule has 1 rings (SSSR count). The third kappa shape index (κ3) is 3.53. The SMILES string of the molecule is CCOC(=O)C(c1nc(C(C)(C)OC)no1)C(C)C. The van der Waals surface area contributed by atoms with Gasteiger partial charge in [0.15, 0.2) is 0 Å². The Bertz CT molecular complexity index is 426. The van der Waals surface area contributed by atoms with Gasteiger partial charge in [0.2, 0.25) is 11.7 Å². The maximum Gasteiger partial charge on any atom is 0.318 e. The summed E-state index contributed by atoms with van der Waals surface area (Å²) in [6.45, 7) is 9.57. The molecule has 0 radical (unpaired) electrons. The van der Waals surface area contributed by atoms with Crippen molar-refractivity contribution in [2.75, 3.05) is 13.7 Å². The zero-order valence-electron chi connectivity index (χ0n) is 12.4. The highest BCUT2D eigenvalue weighted by Crippen LogP contribution is 2.27. The highest BCUT2D eigenvalue weighted by molar-refractivity contribution is 5.77. The van der Waals surface area contributed by atoms with Crippen LogP contribution in [0.3, 0.4) is 0 Å². The van der Waals surface area contributed by atoms with E-state index >= 15 is 0 Å². The third-order valence-corrected chi connectivity index (χ3v) is 2.96. The summed E-state index contributed by atoms with van der Waals surface area (Å²) in [7, 11) is 1.57. The van der Waals surface area contributed by atoms with E-state index in [0.29, 0.717) is 12.4 Å². The lowest BCUT2D eigenvalue weighted by molar-refractivity contribution is -0.146. The Morgan fingerprint density at radius 2 is 2.05 bits per heavy atom. The van der Waals surface area contributed by atoms with Gasteiger partial charge >= 0.3 is 5.97 Å². The van der Waals surface area contributed by atoms with E-state index in [1.165, 1.54) is 0 Å². The molecule has 1 unspecified atom stereocenters. The number of rotatable bonds is 6. The monoisotopic (exact) mass is 270 g/mol. The van der Waals surface area contributed by atoms with Crippen molar-refractivity contribution in [2.24, 2.45) is 5.92 Å². The lowest BCUT2D eigenvalue weighted by Gasteiger charge is -2.18. The summed E-state index contributed by atoms with van der Waals surface area (Å²) >= 11 is 0. The van der Waals surface area contributed by atoms with Crippen molar-refractivity contribution >= 4 is 5.97 Å². The molecule has 6 nitrogen and oxygen atoms in total. The number of esters is 1. The Hall–Kier alpha value is -1.43. The fourth-order valence-electron chi connectivity index (χ4n) is 1.59. The van der Waals surface area contributed by atoms with Crippen molar-refractivity contribution < 1.29 is 18.8 Å². The second-order valence-electron chi connectivity index (χ2n) is 5.14. The minimum Gasteiger partial charge on any atom is -0.465 e. The average molecular weight is 270 g/mol. The quantitative estimate of drug-likeness (QED) is 0.738. The number of carbonyl (C=O) groups is 1. The number of hydrogen-bond acceptors (Lipinski definition) is 6. The maximum atomic E-state index is 11.9. The highest BCUT2D eigenvalue weighted by Gasteiger charge is 2.34. The van der Waals surface area contributed by atoms with E-state index < -0.39 is 11.5 Å². The van der Waals surface area contributed by atoms with Crippen molar-refractivity contribution in [1.82, 2.24) is 10.1 Å². The van der Waals surface area contributed by atoms with Crippen molar-refractivity contribution in [3.05, 3.63) is 11.7 Å². The number of carbonyl (C=O) groups excluding carboxylic acids is 1. The fraction of sp³-hybridized carbons (Fsp3) is 0.769. The molecule has 108 valence electrons. The molecule has 0 saturated carbocycles. The summed E-state index contributed by atoms with van der Waals surface area (Å²) in [6.07, 6.45) is 0. The molecule has 1 atom stereocenters. The molecule has 1 heterocycles. The molecule has 0 saturated heterocycles. The van der Waals surface area contributed by atoms with Gasteiger partial charge in [0.05, 0.1) is 6.61 Å². The zero-order chi connectivity index (χ0) is 14.6. The van der Waals surface area contributed by atoms with Crippen LogP contribution < -0.4 is 0 Å². The van der Waals surface area contributed by atoms with Gasteiger partial charge in [-0.25, -0.2) is 0 Å². The summed E-state index contributed by atoms with van der Waals surface area (Å²) in [5.74, 6) is -0.191. The molecule has 19 heavy (non-hydrogen) atoms. The van der Waals surface area contributed by atoms with Crippen molar-refractivity contribution in [2.45, 2.75) is 46.1 Å². The predicted octanol–water partition coefficient (Wildman–Crippen LogP) is 2.25. The van der Waals surface area contributed by atoms with E-state index in [2.05, 4.69) is 10.1 Å². The lowest BCUT2D eigenvalue weighted by Crippen LogP contribution is -2.23. The normalized spacial score (nSPS) is 13.6. The van der Waals surface area contributed by atoms with Crippen LogP contribution >= 0.6 is 0 Å². The van der Waals surface area contributed by atoms with Crippen LogP contribution in [0.5, 0.6) is 0 Å². The van der Waals surface area contributed by atoms with E-state index in [9.17, 15) is 4.79 Å². The zero-order valence-corrected chi connectivity index (χ0v) is 12.4.